The van der Waals surface area contributed by atoms with Crippen molar-refractivity contribution in [3.05, 3.63) is 29.6 Å². The van der Waals surface area contributed by atoms with Crippen molar-refractivity contribution in [3.63, 3.8) is 0 Å². The predicted molar refractivity (Wildman–Crippen MR) is 57.8 cm³/mol. The maximum Gasteiger partial charge on any atom is 0.155 e. The molecule has 0 saturated carbocycles. The maximum atomic E-state index is 12.9. The number of amidine groups is 1. The molecule has 0 fully saturated rings. The van der Waals surface area contributed by atoms with Crippen LogP contribution in [0.2, 0.25) is 0 Å². The highest BCUT2D eigenvalue weighted by molar-refractivity contribution is 5.82. The molecule has 1 aromatic rings. The van der Waals surface area contributed by atoms with Crippen LogP contribution in [0.3, 0.4) is 0 Å². The van der Waals surface area contributed by atoms with Gasteiger partial charge in [-0.1, -0.05) is 13.0 Å². The molecule has 0 radical (unpaired) electrons. The monoisotopic (exact) mass is 210 g/mol. The zero-order chi connectivity index (χ0) is 11.4. The summed E-state index contributed by atoms with van der Waals surface area (Å²) in [5.41, 5.74) is 6.18. The fourth-order valence-corrected chi connectivity index (χ4v) is 1.22. The first-order valence-electron chi connectivity index (χ1n) is 4.81. The summed E-state index contributed by atoms with van der Waals surface area (Å²) in [7, 11) is 0. The van der Waals surface area contributed by atoms with Crippen LogP contribution in [0.4, 0.5) is 4.39 Å². The molecule has 0 heterocycles. The third-order valence-electron chi connectivity index (χ3n) is 2.14. The molecule has 1 atom stereocenters. The van der Waals surface area contributed by atoms with Crippen molar-refractivity contribution < 1.29 is 9.13 Å². The second-order valence-corrected chi connectivity index (χ2v) is 3.38. The SMILES string of the molecule is CCC(Oc1cc(F)ccc1C)C(=N)N. The molecular formula is C11H15FN2O. The first-order valence-corrected chi connectivity index (χ1v) is 4.81. The van der Waals surface area contributed by atoms with E-state index in [1.165, 1.54) is 12.1 Å². The van der Waals surface area contributed by atoms with E-state index in [1.807, 2.05) is 13.8 Å². The molecule has 1 aromatic carbocycles. The van der Waals surface area contributed by atoms with Crippen molar-refractivity contribution in [1.82, 2.24) is 0 Å². The Bertz CT molecular complexity index is 366. The Hall–Kier alpha value is -1.58. The van der Waals surface area contributed by atoms with Gasteiger partial charge in [-0.25, -0.2) is 4.39 Å². The van der Waals surface area contributed by atoms with Crippen LogP contribution in [0, 0.1) is 18.2 Å². The van der Waals surface area contributed by atoms with Gasteiger partial charge in [-0.05, 0) is 25.0 Å². The molecule has 1 unspecified atom stereocenters. The second kappa shape index (κ2) is 4.77. The summed E-state index contributed by atoms with van der Waals surface area (Å²) in [5, 5.41) is 7.28. The van der Waals surface area contributed by atoms with Crippen molar-refractivity contribution in [2.45, 2.75) is 26.4 Å². The van der Waals surface area contributed by atoms with Crippen molar-refractivity contribution >= 4 is 5.84 Å². The zero-order valence-corrected chi connectivity index (χ0v) is 8.88. The number of hydrogen-bond acceptors (Lipinski definition) is 2. The van der Waals surface area contributed by atoms with Crippen LogP contribution in [-0.2, 0) is 0 Å². The van der Waals surface area contributed by atoms with Gasteiger partial charge in [0.2, 0.25) is 0 Å². The largest absolute Gasteiger partial charge is 0.482 e. The van der Waals surface area contributed by atoms with Crippen molar-refractivity contribution in [3.8, 4) is 5.75 Å². The van der Waals surface area contributed by atoms with E-state index in [2.05, 4.69) is 0 Å². The molecule has 0 aliphatic carbocycles. The lowest BCUT2D eigenvalue weighted by Gasteiger charge is -2.17. The number of aryl methyl sites for hydroxylation is 1. The van der Waals surface area contributed by atoms with E-state index in [4.69, 9.17) is 15.9 Å². The van der Waals surface area contributed by atoms with Gasteiger partial charge in [0.15, 0.2) is 6.10 Å². The Balaban J connectivity index is 2.87. The van der Waals surface area contributed by atoms with Crippen LogP contribution in [0.25, 0.3) is 0 Å². The van der Waals surface area contributed by atoms with Crippen LogP contribution >= 0.6 is 0 Å². The molecule has 3 nitrogen and oxygen atoms in total. The summed E-state index contributed by atoms with van der Waals surface area (Å²) in [5.74, 6) is 0.0483. The summed E-state index contributed by atoms with van der Waals surface area (Å²) in [6, 6.07) is 4.31. The number of nitrogens with two attached hydrogens (primary N) is 1. The summed E-state index contributed by atoms with van der Waals surface area (Å²) in [6.45, 7) is 3.68. The fraction of sp³-hybridized carbons (Fsp3) is 0.364. The number of nitrogens with one attached hydrogen (secondary N) is 1. The molecule has 15 heavy (non-hydrogen) atoms. The van der Waals surface area contributed by atoms with E-state index in [1.54, 1.807) is 6.07 Å². The number of hydrogen-bond donors (Lipinski definition) is 2. The normalized spacial score (nSPS) is 12.2. The van der Waals surface area contributed by atoms with Crippen LogP contribution in [0.1, 0.15) is 18.9 Å². The highest BCUT2D eigenvalue weighted by Crippen LogP contribution is 2.20. The summed E-state index contributed by atoms with van der Waals surface area (Å²) < 4.78 is 18.4. The van der Waals surface area contributed by atoms with Crippen LogP contribution in [-0.4, -0.2) is 11.9 Å². The summed E-state index contributed by atoms with van der Waals surface area (Å²) in [6.07, 6.45) is 0.108. The molecule has 0 bridgehead atoms. The van der Waals surface area contributed by atoms with Gasteiger partial charge in [0.25, 0.3) is 0 Å². The molecule has 0 aliphatic heterocycles. The number of benzene rings is 1. The number of rotatable bonds is 4. The fourth-order valence-electron chi connectivity index (χ4n) is 1.22. The summed E-state index contributed by atoms with van der Waals surface area (Å²) >= 11 is 0. The third kappa shape index (κ3) is 2.94. The van der Waals surface area contributed by atoms with Crippen molar-refractivity contribution in [2.24, 2.45) is 5.73 Å². The minimum absolute atomic E-state index is 0.0406. The lowest BCUT2D eigenvalue weighted by Crippen LogP contribution is -2.32. The van der Waals surface area contributed by atoms with Gasteiger partial charge >= 0.3 is 0 Å². The molecule has 0 saturated heterocycles. The van der Waals surface area contributed by atoms with Gasteiger partial charge in [0.1, 0.15) is 17.4 Å². The lowest BCUT2D eigenvalue weighted by atomic mass is 10.2. The Kier molecular flexibility index (Phi) is 3.66. The van der Waals surface area contributed by atoms with E-state index in [0.29, 0.717) is 12.2 Å². The first-order chi connectivity index (χ1) is 7.04. The van der Waals surface area contributed by atoms with Crippen LogP contribution in [0.15, 0.2) is 18.2 Å². The van der Waals surface area contributed by atoms with Gasteiger partial charge in [0.05, 0.1) is 0 Å². The van der Waals surface area contributed by atoms with Crippen LogP contribution < -0.4 is 10.5 Å². The second-order valence-electron chi connectivity index (χ2n) is 3.38. The average Bonchev–Trinajstić information content (AvgIpc) is 2.18. The maximum absolute atomic E-state index is 12.9. The Labute approximate surface area is 88.6 Å². The quantitative estimate of drug-likeness (QED) is 0.591. The Morgan fingerprint density at radius 3 is 2.80 bits per heavy atom. The van der Waals surface area contributed by atoms with E-state index >= 15 is 0 Å². The highest BCUT2D eigenvalue weighted by atomic mass is 19.1. The highest BCUT2D eigenvalue weighted by Gasteiger charge is 2.12. The Morgan fingerprint density at radius 2 is 2.27 bits per heavy atom. The zero-order valence-electron chi connectivity index (χ0n) is 8.88. The molecule has 0 amide bonds. The predicted octanol–water partition coefficient (Wildman–Crippen LogP) is 2.23. The minimum Gasteiger partial charge on any atom is -0.482 e. The standard InChI is InChI=1S/C11H15FN2O/c1-3-9(11(13)14)15-10-6-8(12)5-4-7(10)2/h4-6,9H,3H2,1-2H3,(H3,13,14). The number of halogens is 1. The molecule has 0 spiro atoms. The van der Waals surface area contributed by atoms with Gasteiger partial charge in [0, 0.05) is 6.07 Å². The van der Waals surface area contributed by atoms with E-state index in [9.17, 15) is 4.39 Å². The van der Waals surface area contributed by atoms with E-state index < -0.39 is 6.10 Å². The molecular weight excluding hydrogens is 195 g/mol. The molecule has 0 aromatic heterocycles. The van der Waals surface area contributed by atoms with Gasteiger partial charge in [-0.2, -0.15) is 0 Å². The number of ether oxygens (including phenoxy) is 1. The molecule has 0 aliphatic rings. The third-order valence-corrected chi connectivity index (χ3v) is 2.14. The topological polar surface area (TPSA) is 59.1 Å². The van der Waals surface area contributed by atoms with Gasteiger partial charge in [-0.15, -0.1) is 0 Å². The van der Waals surface area contributed by atoms with Gasteiger partial charge in [-0.3, -0.25) is 5.41 Å². The Morgan fingerprint density at radius 1 is 1.60 bits per heavy atom. The van der Waals surface area contributed by atoms with Crippen LogP contribution in [0.5, 0.6) is 5.75 Å². The molecule has 1 rings (SSSR count). The molecule has 4 heteroatoms. The smallest absolute Gasteiger partial charge is 0.155 e. The minimum atomic E-state index is -0.481. The van der Waals surface area contributed by atoms with Crippen molar-refractivity contribution in [2.75, 3.05) is 0 Å². The summed E-state index contributed by atoms with van der Waals surface area (Å²) in [4.78, 5) is 0. The van der Waals surface area contributed by atoms with E-state index in [-0.39, 0.29) is 11.7 Å². The van der Waals surface area contributed by atoms with Crippen molar-refractivity contribution in [1.29, 1.82) is 5.41 Å². The molecule has 82 valence electrons. The van der Waals surface area contributed by atoms with Gasteiger partial charge < -0.3 is 10.5 Å². The molecule has 3 N–H and O–H groups in total. The van der Waals surface area contributed by atoms with E-state index in [0.717, 1.165) is 5.56 Å². The first kappa shape index (κ1) is 11.5. The average molecular weight is 210 g/mol. The lowest BCUT2D eigenvalue weighted by molar-refractivity contribution is 0.257.